The molecule has 4 nitrogen and oxygen atoms in total. The predicted octanol–water partition coefficient (Wildman–Crippen LogP) is 2.44. The Morgan fingerprint density at radius 2 is 1.80 bits per heavy atom. The van der Waals surface area contributed by atoms with E-state index in [4.69, 9.17) is 5.84 Å². The molecule has 6 heteroatoms. The zero-order valence-corrected chi connectivity index (χ0v) is 10.9. The highest BCUT2D eigenvalue weighted by Crippen LogP contribution is 2.31. The van der Waals surface area contributed by atoms with Gasteiger partial charge in [0.25, 0.3) is 5.56 Å². The quantitative estimate of drug-likeness (QED) is 0.816. The van der Waals surface area contributed by atoms with Crippen LogP contribution in [-0.4, -0.2) is 9.66 Å². The molecule has 0 atom stereocenters. The Morgan fingerprint density at radius 3 is 2.50 bits per heavy atom. The van der Waals surface area contributed by atoms with Gasteiger partial charge in [-0.1, -0.05) is 19.3 Å². The van der Waals surface area contributed by atoms with Crippen LogP contribution in [0.1, 0.15) is 43.8 Å². The number of aromatic nitrogens is 2. The van der Waals surface area contributed by atoms with E-state index in [1.165, 1.54) is 6.42 Å². The molecule has 3 rings (SSSR count). The Labute approximate surface area is 114 Å². The van der Waals surface area contributed by atoms with Crippen LogP contribution in [0.25, 0.3) is 10.9 Å². The van der Waals surface area contributed by atoms with Gasteiger partial charge in [0.2, 0.25) is 0 Å². The van der Waals surface area contributed by atoms with Crippen LogP contribution >= 0.6 is 0 Å². The maximum atomic E-state index is 13.3. The van der Waals surface area contributed by atoms with Crippen molar-refractivity contribution in [3.63, 3.8) is 0 Å². The number of rotatable bonds is 1. The molecule has 1 heterocycles. The number of hydrogen-bond acceptors (Lipinski definition) is 3. The molecule has 0 radical (unpaired) electrons. The fraction of sp³-hybridized carbons (Fsp3) is 0.429. The van der Waals surface area contributed by atoms with Gasteiger partial charge in [-0.15, -0.1) is 0 Å². The number of nitrogen functional groups attached to an aromatic ring is 1. The summed E-state index contributed by atoms with van der Waals surface area (Å²) in [4.78, 5) is 16.5. The first-order chi connectivity index (χ1) is 9.58. The Kier molecular flexibility index (Phi) is 3.16. The molecule has 1 aliphatic rings. The van der Waals surface area contributed by atoms with Crippen molar-refractivity contribution in [1.82, 2.24) is 9.66 Å². The van der Waals surface area contributed by atoms with Gasteiger partial charge in [-0.25, -0.2) is 18.4 Å². The van der Waals surface area contributed by atoms with Crippen LogP contribution in [0.15, 0.2) is 16.9 Å². The molecule has 0 aliphatic heterocycles. The van der Waals surface area contributed by atoms with E-state index in [0.29, 0.717) is 5.82 Å². The summed E-state index contributed by atoms with van der Waals surface area (Å²) in [6, 6.07) is 1.81. The molecule has 0 unspecified atom stereocenters. The average Bonchev–Trinajstić information content (AvgIpc) is 2.46. The minimum atomic E-state index is -1.07. The molecule has 1 aromatic heterocycles. The lowest BCUT2D eigenvalue weighted by Crippen LogP contribution is -2.33. The first-order valence-corrected chi connectivity index (χ1v) is 6.74. The van der Waals surface area contributed by atoms with Crippen LogP contribution in [0, 0.1) is 11.6 Å². The summed E-state index contributed by atoms with van der Waals surface area (Å²) in [6.07, 6.45) is 5.13. The van der Waals surface area contributed by atoms with Crippen molar-refractivity contribution >= 4 is 10.9 Å². The first kappa shape index (κ1) is 13.0. The Bertz CT molecular complexity index is 720. The zero-order valence-electron chi connectivity index (χ0n) is 10.9. The lowest BCUT2D eigenvalue weighted by atomic mass is 9.88. The van der Waals surface area contributed by atoms with Gasteiger partial charge in [-0.3, -0.25) is 4.79 Å². The topological polar surface area (TPSA) is 60.9 Å². The van der Waals surface area contributed by atoms with Crippen molar-refractivity contribution in [2.75, 3.05) is 5.84 Å². The zero-order chi connectivity index (χ0) is 14.3. The van der Waals surface area contributed by atoms with Crippen LogP contribution in [-0.2, 0) is 0 Å². The maximum absolute atomic E-state index is 13.3. The Morgan fingerprint density at radius 1 is 1.15 bits per heavy atom. The molecule has 1 fully saturated rings. The SMILES string of the molecule is Nn1c(C2CCCCC2)nc2cc(F)c(F)cc2c1=O. The van der Waals surface area contributed by atoms with Crippen LogP contribution in [0.3, 0.4) is 0 Å². The molecule has 0 bridgehead atoms. The van der Waals surface area contributed by atoms with E-state index in [2.05, 4.69) is 4.98 Å². The average molecular weight is 279 g/mol. The van der Waals surface area contributed by atoms with Gasteiger partial charge >= 0.3 is 0 Å². The van der Waals surface area contributed by atoms with E-state index in [1.807, 2.05) is 0 Å². The summed E-state index contributed by atoms with van der Waals surface area (Å²) in [6.45, 7) is 0. The number of hydrogen-bond donors (Lipinski definition) is 1. The lowest BCUT2D eigenvalue weighted by molar-refractivity contribution is 0.420. The molecule has 2 N–H and O–H groups in total. The lowest BCUT2D eigenvalue weighted by Gasteiger charge is -2.22. The molecular weight excluding hydrogens is 264 g/mol. The smallest absolute Gasteiger partial charge is 0.279 e. The third kappa shape index (κ3) is 2.05. The predicted molar refractivity (Wildman–Crippen MR) is 71.9 cm³/mol. The molecule has 20 heavy (non-hydrogen) atoms. The Balaban J connectivity index is 2.21. The summed E-state index contributed by atoms with van der Waals surface area (Å²) >= 11 is 0. The number of nitrogens with two attached hydrogens (primary N) is 1. The molecule has 2 aromatic rings. The van der Waals surface area contributed by atoms with E-state index in [9.17, 15) is 13.6 Å². The fourth-order valence-corrected chi connectivity index (χ4v) is 2.86. The van der Waals surface area contributed by atoms with E-state index in [1.54, 1.807) is 0 Å². The minimum Gasteiger partial charge on any atom is -0.335 e. The van der Waals surface area contributed by atoms with Crippen LogP contribution in [0.4, 0.5) is 8.78 Å². The minimum absolute atomic E-state index is 0.00552. The third-order valence-corrected chi connectivity index (χ3v) is 3.94. The van der Waals surface area contributed by atoms with Crippen LogP contribution in [0.5, 0.6) is 0 Å². The molecule has 1 saturated carbocycles. The van der Waals surface area contributed by atoms with Gasteiger partial charge in [-0.05, 0) is 18.9 Å². The summed E-state index contributed by atoms with van der Waals surface area (Å²) in [5.74, 6) is 4.30. The molecule has 0 spiro atoms. The molecule has 0 saturated heterocycles. The highest BCUT2D eigenvalue weighted by Gasteiger charge is 2.22. The van der Waals surface area contributed by atoms with Crippen molar-refractivity contribution in [3.05, 3.63) is 39.9 Å². The van der Waals surface area contributed by atoms with Gasteiger partial charge in [0.05, 0.1) is 10.9 Å². The fourth-order valence-electron chi connectivity index (χ4n) is 2.86. The standard InChI is InChI=1S/C14H15F2N3O/c15-10-6-9-12(7-11(10)16)18-13(19(17)14(9)20)8-4-2-1-3-5-8/h6-8H,1-5,17H2. The normalized spacial score (nSPS) is 16.7. The van der Waals surface area contributed by atoms with Crippen LogP contribution in [0.2, 0.25) is 0 Å². The van der Waals surface area contributed by atoms with Gasteiger partial charge in [0.1, 0.15) is 5.82 Å². The molecular formula is C14H15F2N3O. The van der Waals surface area contributed by atoms with Crippen molar-refractivity contribution in [2.24, 2.45) is 0 Å². The number of nitrogens with zero attached hydrogens (tertiary/aromatic N) is 2. The summed E-state index contributed by atoms with van der Waals surface area (Å²) in [5, 5.41) is 0.00552. The summed E-state index contributed by atoms with van der Waals surface area (Å²) in [5.41, 5.74) is -0.370. The van der Waals surface area contributed by atoms with E-state index in [0.717, 1.165) is 42.5 Å². The monoisotopic (exact) mass is 279 g/mol. The highest BCUT2D eigenvalue weighted by atomic mass is 19.2. The van der Waals surface area contributed by atoms with Gasteiger partial charge < -0.3 is 5.84 Å². The number of halogens is 2. The van der Waals surface area contributed by atoms with Crippen LogP contribution < -0.4 is 11.4 Å². The van der Waals surface area contributed by atoms with E-state index >= 15 is 0 Å². The first-order valence-electron chi connectivity index (χ1n) is 6.74. The summed E-state index contributed by atoms with van der Waals surface area (Å²) in [7, 11) is 0. The van der Waals surface area contributed by atoms with E-state index < -0.39 is 17.2 Å². The second-order valence-corrected chi connectivity index (χ2v) is 5.26. The third-order valence-electron chi connectivity index (χ3n) is 3.94. The molecule has 1 aliphatic carbocycles. The molecule has 1 aromatic carbocycles. The van der Waals surface area contributed by atoms with Gasteiger partial charge in [0.15, 0.2) is 11.6 Å². The maximum Gasteiger partial charge on any atom is 0.279 e. The second-order valence-electron chi connectivity index (χ2n) is 5.26. The largest absolute Gasteiger partial charge is 0.335 e. The number of fused-ring (bicyclic) bond motifs is 1. The van der Waals surface area contributed by atoms with Gasteiger partial charge in [0, 0.05) is 12.0 Å². The van der Waals surface area contributed by atoms with Crippen molar-refractivity contribution in [1.29, 1.82) is 0 Å². The summed E-state index contributed by atoms with van der Waals surface area (Å²) < 4.78 is 27.5. The van der Waals surface area contributed by atoms with Crippen molar-refractivity contribution in [3.8, 4) is 0 Å². The van der Waals surface area contributed by atoms with E-state index in [-0.39, 0.29) is 16.8 Å². The van der Waals surface area contributed by atoms with Crippen molar-refractivity contribution < 1.29 is 8.78 Å². The van der Waals surface area contributed by atoms with Gasteiger partial charge in [-0.2, -0.15) is 0 Å². The number of benzene rings is 1. The Hall–Kier alpha value is -1.98. The molecule has 106 valence electrons. The highest BCUT2D eigenvalue weighted by molar-refractivity contribution is 5.77. The van der Waals surface area contributed by atoms with Crippen molar-refractivity contribution in [2.45, 2.75) is 38.0 Å². The molecule has 0 amide bonds. The second kappa shape index (κ2) is 4.85.